The van der Waals surface area contributed by atoms with Crippen molar-refractivity contribution in [1.29, 1.82) is 0 Å². The first-order valence-electron chi connectivity index (χ1n) is 8.01. The van der Waals surface area contributed by atoms with Crippen molar-refractivity contribution in [1.82, 2.24) is 16.0 Å². The second-order valence-electron chi connectivity index (χ2n) is 5.85. The summed E-state index contributed by atoms with van der Waals surface area (Å²) in [7, 11) is 0. The van der Waals surface area contributed by atoms with Crippen LogP contribution in [0.25, 0.3) is 0 Å². The van der Waals surface area contributed by atoms with E-state index < -0.39 is 48.8 Å². The third-order valence-electron chi connectivity index (χ3n) is 3.86. The molecule has 0 aliphatic carbocycles. The maximum Gasteiger partial charge on any atom is 0.326 e. The van der Waals surface area contributed by atoms with Crippen LogP contribution in [0.1, 0.15) is 19.3 Å². The number of nitrogens with one attached hydrogen (secondary N) is 3. The highest BCUT2D eigenvalue weighted by Gasteiger charge is 2.32. The highest BCUT2D eigenvalue weighted by atomic mass is 16.4. The monoisotopic (exact) mass is 372 g/mol. The second kappa shape index (κ2) is 10.2. The molecule has 2 amide bonds. The fourth-order valence-electron chi connectivity index (χ4n) is 2.63. The Kier molecular flexibility index (Phi) is 8.28. The Morgan fingerprint density at radius 3 is 2.50 bits per heavy atom. The molecule has 0 saturated carbocycles. The number of rotatable bonds is 10. The minimum atomic E-state index is -1.56. The summed E-state index contributed by atoms with van der Waals surface area (Å²) in [5, 5.41) is 25.0. The molecule has 0 aromatic heterocycles. The molecule has 12 heteroatoms. The number of amides is 2. The van der Waals surface area contributed by atoms with Gasteiger partial charge in [0.2, 0.25) is 11.8 Å². The van der Waals surface area contributed by atoms with E-state index in [0.29, 0.717) is 19.5 Å². The van der Waals surface area contributed by atoms with Crippen LogP contribution < -0.4 is 27.4 Å². The first-order valence-corrected chi connectivity index (χ1v) is 8.01. The SMILES string of the molecule is NC(N)=NCC[C@@H]1CCN[C@@H]1C(=O)NCC(=O)N[C@@H](CC(=O)O)C(=O)O. The van der Waals surface area contributed by atoms with Crippen LogP contribution in [0.3, 0.4) is 0 Å². The molecule has 1 rings (SSSR count). The fourth-order valence-corrected chi connectivity index (χ4v) is 2.63. The van der Waals surface area contributed by atoms with Gasteiger partial charge >= 0.3 is 11.9 Å². The number of nitrogens with zero attached hydrogens (tertiary/aromatic N) is 1. The standard InChI is InChI=1S/C14H24N6O6/c15-14(16)18-4-2-7-1-3-17-11(7)12(24)19-6-9(21)20-8(13(25)26)5-10(22)23/h7-8,11,17H,1-6H2,(H,19,24)(H,20,21)(H,22,23)(H,25,26)(H4,15,16,18)/t7-,8-,11-/m0/s1. The Balaban J connectivity index is 2.46. The molecule has 1 saturated heterocycles. The summed E-state index contributed by atoms with van der Waals surface area (Å²) >= 11 is 0. The summed E-state index contributed by atoms with van der Waals surface area (Å²) in [4.78, 5) is 49.3. The summed E-state index contributed by atoms with van der Waals surface area (Å²) in [6.45, 7) is 0.561. The van der Waals surface area contributed by atoms with Crippen molar-refractivity contribution in [2.24, 2.45) is 22.4 Å². The van der Waals surface area contributed by atoms with E-state index in [4.69, 9.17) is 21.7 Å². The van der Waals surface area contributed by atoms with E-state index >= 15 is 0 Å². The van der Waals surface area contributed by atoms with Gasteiger partial charge in [0, 0.05) is 6.54 Å². The van der Waals surface area contributed by atoms with Gasteiger partial charge in [-0.15, -0.1) is 0 Å². The molecule has 0 aromatic rings. The van der Waals surface area contributed by atoms with Crippen LogP contribution in [0.15, 0.2) is 4.99 Å². The molecule has 1 heterocycles. The molecule has 0 spiro atoms. The Labute approximate surface area is 149 Å². The average molecular weight is 372 g/mol. The number of carbonyl (C=O) groups is 4. The Morgan fingerprint density at radius 2 is 1.92 bits per heavy atom. The van der Waals surface area contributed by atoms with Gasteiger partial charge in [-0.1, -0.05) is 0 Å². The molecule has 12 nitrogen and oxygen atoms in total. The minimum Gasteiger partial charge on any atom is -0.481 e. The van der Waals surface area contributed by atoms with Gasteiger partial charge < -0.3 is 37.6 Å². The van der Waals surface area contributed by atoms with Crippen LogP contribution >= 0.6 is 0 Å². The molecule has 146 valence electrons. The maximum absolute atomic E-state index is 12.2. The number of aliphatic carboxylic acids is 2. The maximum atomic E-state index is 12.2. The largest absolute Gasteiger partial charge is 0.481 e. The zero-order chi connectivity index (χ0) is 19.7. The highest BCUT2D eigenvalue weighted by Crippen LogP contribution is 2.19. The molecular weight excluding hydrogens is 348 g/mol. The third-order valence-corrected chi connectivity index (χ3v) is 3.86. The molecular formula is C14H24N6O6. The van der Waals surface area contributed by atoms with E-state index in [1.54, 1.807) is 0 Å². The Bertz CT molecular complexity index is 576. The fraction of sp³-hybridized carbons (Fsp3) is 0.643. The van der Waals surface area contributed by atoms with E-state index in [1.165, 1.54) is 0 Å². The van der Waals surface area contributed by atoms with Crippen molar-refractivity contribution in [2.75, 3.05) is 19.6 Å². The van der Waals surface area contributed by atoms with Gasteiger partial charge in [-0.05, 0) is 25.3 Å². The number of hydrogen-bond donors (Lipinski definition) is 7. The van der Waals surface area contributed by atoms with E-state index in [0.717, 1.165) is 6.42 Å². The zero-order valence-corrected chi connectivity index (χ0v) is 14.1. The normalized spacial score (nSPS) is 20.0. The molecule has 1 fully saturated rings. The predicted octanol–water partition coefficient (Wildman–Crippen LogP) is -3.21. The molecule has 3 atom stereocenters. The molecule has 1 aliphatic heterocycles. The van der Waals surface area contributed by atoms with Gasteiger partial charge in [-0.3, -0.25) is 19.4 Å². The predicted molar refractivity (Wildman–Crippen MR) is 90.0 cm³/mol. The second-order valence-corrected chi connectivity index (χ2v) is 5.85. The first kappa shape index (κ1) is 21.2. The van der Waals surface area contributed by atoms with Gasteiger partial charge in [0.1, 0.15) is 6.04 Å². The van der Waals surface area contributed by atoms with Crippen LogP contribution in [0.2, 0.25) is 0 Å². The third kappa shape index (κ3) is 7.34. The number of aliphatic imine (C=N–C) groups is 1. The van der Waals surface area contributed by atoms with Gasteiger partial charge in [0.15, 0.2) is 5.96 Å². The van der Waals surface area contributed by atoms with Crippen molar-refractivity contribution in [2.45, 2.75) is 31.3 Å². The summed E-state index contributed by atoms with van der Waals surface area (Å²) < 4.78 is 0. The highest BCUT2D eigenvalue weighted by molar-refractivity contribution is 5.90. The van der Waals surface area contributed by atoms with Crippen molar-refractivity contribution < 1.29 is 29.4 Å². The van der Waals surface area contributed by atoms with E-state index in [9.17, 15) is 19.2 Å². The Hall–Kier alpha value is -2.89. The summed E-state index contributed by atoms with van der Waals surface area (Å²) in [6, 6.07) is -2.07. The van der Waals surface area contributed by atoms with Crippen LogP contribution in [0.4, 0.5) is 0 Å². The van der Waals surface area contributed by atoms with Crippen LogP contribution in [0, 0.1) is 5.92 Å². The molecule has 0 unspecified atom stereocenters. The first-order chi connectivity index (χ1) is 12.2. The average Bonchev–Trinajstić information content (AvgIpc) is 2.99. The van der Waals surface area contributed by atoms with Crippen molar-refractivity contribution >= 4 is 29.7 Å². The molecule has 0 radical (unpaired) electrons. The molecule has 9 N–H and O–H groups in total. The number of nitrogens with two attached hydrogens (primary N) is 2. The Morgan fingerprint density at radius 1 is 1.23 bits per heavy atom. The lowest BCUT2D eigenvalue weighted by Crippen LogP contribution is -2.50. The molecule has 26 heavy (non-hydrogen) atoms. The van der Waals surface area contributed by atoms with Gasteiger partial charge in [0.25, 0.3) is 0 Å². The van der Waals surface area contributed by atoms with E-state index in [1.807, 2.05) is 0 Å². The number of carboxylic acids is 2. The lowest BCUT2D eigenvalue weighted by atomic mass is 9.96. The van der Waals surface area contributed by atoms with Gasteiger partial charge in [-0.25, -0.2) is 4.79 Å². The summed E-state index contributed by atoms with van der Waals surface area (Å²) in [5.74, 6) is -4.05. The lowest BCUT2D eigenvalue weighted by molar-refractivity contribution is -0.147. The molecule has 1 aliphatic rings. The van der Waals surface area contributed by atoms with Gasteiger partial charge in [0.05, 0.1) is 19.0 Å². The smallest absolute Gasteiger partial charge is 0.326 e. The van der Waals surface area contributed by atoms with E-state index in [-0.39, 0.29) is 11.9 Å². The van der Waals surface area contributed by atoms with Crippen molar-refractivity contribution in [3.63, 3.8) is 0 Å². The number of carbonyl (C=O) groups excluding carboxylic acids is 2. The minimum absolute atomic E-state index is 0.0000558. The summed E-state index contributed by atoms with van der Waals surface area (Å²) in [5.41, 5.74) is 10.5. The molecule has 0 bridgehead atoms. The van der Waals surface area contributed by atoms with Gasteiger partial charge in [-0.2, -0.15) is 0 Å². The topological polar surface area (TPSA) is 209 Å². The number of carboxylic acid groups (broad SMARTS) is 2. The number of guanidine groups is 1. The van der Waals surface area contributed by atoms with E-state index in [2.05, 4.69) is 20.9 Å². The zero-order valence-electron chi connectivity index (χ0n) is 14.1. The van der Waals surface area contributed by atoms with Crippen LogP contribution in [0.5, 0.6) is 0 Å². The van der Waals surface area contributed by atoms with Crippen LogP contribution in [-0.4, -0.2) is 71.6 Å². The lowest BCUT2D eigenvalue weighted by Gasteiger charge is -2.19. The quantitative estimate of drug-likeness (QED) is 0.152. The van der Waals surface area contributed by atoms with Crippen molar-refractivity contribution in [3.05, 3.63) is 0 Å². The number of hydrogen-bond acceptors (Lipinski definition) is 6. The summed E-state index contributed by atoms with van der Waals surface area (Å²) in [6.07, 6.45) is 0.588. The molecule has 0 aromatic carbocycles. The van der Waals surface area contributed by atoms with Crippen LogP contribution in [-0.2, 0) is 19.2 Å². The van der Waals surface area contributed by atoms with Crippen molar-refractivity contribution in [3.8, 4) is 0 Å².